The van der Waals surface area contributed by atoms with E-state index in [1.165, 1.54) is 6.42 Å². The molecule has 1 aliphatic heterocycles. The van der Waals surface area contributed by atoms with E-state index in [9.17, 15) is 4.79 Å². The van der Waals surface area contributed by atoms with E-state index >= 15 is 0 Å². The van der Waals surface area contributed by atoms with Crippen molar-refractivity contribution in [3.63, 3.8) is 0 Å². The van der Waals surface area contributed by atoms with Crippen LogP contribution >= 0.6 is 0 Å². The number of likely N-dealkylation sites (N-methyl/N-ethyl adjacent to an activating group) is 1. The Morgan fingerprint density at radius 2 is 2.24 bits per heavy atom. The Morgan fingerprint density at radius 3 is 2.81 bits per heavy atom. The quantitative estimate of drug-likeness (QED) is 0.892. The molecule has 1 heterocycles. The van der Waals surface area contributed by atoms with E-state index in [1.54, 1.807) is 31.2 Å². The molecule has 0 radical (unpaired) electrons. The van der Waals surface area contributed by atoms with Crippen LogP contribution in [0.1, 0.15) is 25.3 Å². The summed E-state index contributed by atoms with van der Waals surface area (Å²) in [5.74, 6) is 0.481. The molecule has 2 rings (SSSR count). The summed E-state index contributed by atoms with van der Waals surface area (Å²) >= 11 is 0. The lowest BCUT2D eigenvalue weighted by Crippen LogP contribution is -2.43. The molecule has 0 unspecified atom stereocenters. The maximum absolute atomic E-state index is 12.0. The Hall–Kier alpha value is -2.06. The standard InChI is InChI=1S/C16H21N3O2/c1-12(21-15-7-5-13(10-17)6-8-15)16(20)18-11-14-4-3-9-19(14)2/h5-8,12,14H,3-4,9,11H2,1-2H3,(H,18,20)/t12-,14-/m1/s1. The molecule has 0 spiro atoms. The van der Waals surface area contributed by atoms with Crippen LogP contribution in [0.25, 0.3) is 0 Å². The Bertz CT molecular complexity index is 521. The van der Waals surface area contributed by atoms with Gasteiger partial charge in [0, 0.05) is 12.6 Å². The summed E-state index contributed by atoms with van der Waals surface area (Å²) < 4.78 is 5.58. The van der Waals surface area contributed by atoms with Crippen molar-refractivity contribution >= 4 is 5.91 Å². The van der Waals surface area contributed by atoms with Crippen molar-refractivity contribution in [2.75, 3.05) is 20.1 Å². The van der Waals surface area contributed by atoms with Crippen molar-refractivity contribution in [2.45, 2.75) is 31.9 Å². The number of nitriles is 1. The zero-order valence-corrected chi connectivity index (χ0v) is 12.5. The average Bonchev–Trinajstić information content (AvgIpc) is 2.90. The second-order valence-corrected chi connectivity index (χ2v) is 5.42. The van der Waals surface area contributed by atoms with Crippen LogP contribution in [0.5, 0.6) is 5.75 Å². The van der Waals surface area contributed by atoms with Crippen LogP contribution in [-0.2, 0) is 4.79 Å². The third-order valence-electron chi connectivity index (χ3n) is 3.85. The first-order valence-electron chi connectivity index (χ1n) is 7.25. The van der Waals surface area contributed by atoms with Crippen LogP contribution < -0.4 is 10.1 Å². The number of carbonyl (C=O) groups excluding carboxylic acids is 1. The number of nitrogens with one attached hydrogen (secondary N) is 1. The highest BCUT2D eigenvalue weighted by Crippen LogP contribution is 2.15. The first kappa shape index (κ1) is 15.3. The topological polar surface area (TPSA) is 65.4 Å². The molecule has 1 amide bonds. The van der Waals surface area contributed by atoms with E-state index in [0.29, 0.717) is 23.9 Å². The number of hydrogen-bond acceptors (Lipinski definition) is 4. The Morgan fingerprint density at radius 1 is 1.52 bits per heavy atom. The second kappa shape index (κ2) is 7.09. The normalized spacial score (nSPS) is 19.8. The highest BCUT2D eigenvalue weighted by molar-refractivity contribution is 5.80. The van der Waals surface area contributed by atoms with Crippen molar-refractivity contribution in [3.8, 4) is 11.8 Å². The molecular weight excluding hydrogens is 266 g/mol. The molecule has 1 aliphatic rings. The molecule has 2 atom stereocenters. The van der Waals surface area contributed by atoms with Crippen LogP contribution in [0.4, 0.5) is 0 Å². The highest BCUT2D eigenvalue weighted by atomic mass is 16.5. The second-order valence-electron chi connectivity index (χ2n) is 5.42. The van der Waals surface area contributed by atoms with Gasteiger partial charge < -0.3 is 15.0 Å². The Labute approximate surface area is 125 Å². The van der Waals surface area contributed by atoms with E-state index in [2.05, 4.69) is 17.3 Å². The predicted molar refractivity (Wildman–Crippen MR) is 79.9 cm³/mol. The van der Waals surface area contributed by atoms with Crippen LogP contribution in [-0.4, -0.2) is 43.1 Å². The van der Waals surface area contributed by atoms with Crippen LogP contribution in [0.15, 0.2) is 24.3 Å². The largest absolute Gasteiger partial charge is 0.481 e. The molecule has 21 heavy (non-hydrogen) atoms. The predicted octanol–water partition coefficient (Wildman–Crippen LogP) is 1.54. The van der Waals surface area contributed by atoms with Crippen LogP contribution in [0.3, 0.4) is 0 Å². The van der Waals surface area contributed by atoms with Gasteiger partial charge in [-0.05, 0) is 57.6 Å². The van der Waals surface area contributed by atoms with Gasteiger partial charge in [-0.3, -0.25) is 4.79 Å². The molecule has 0 aromatic heterocycles. The fourth-order valence-electron chi connectivity index (χ4n) is 2.46. The highest BCUT2D eigenvalue weighted by Gasteiger charge is 2.22. The summed E-state index contributed by atoms with van der Waals surface area (Å²) in [6, 6.07) is 9.22. The van der Waals surface area contributed by atoms with Gasteiger partial charge in [-0.15, -0.1) is 0 Å². The fraction of sp³-hybridized carbons (Fsp3) is 0.500. The van der Waals surface area contributed by atoms with Gasteiger partial charge >= 0.3 is 0 Å². The summed E-state index contributed by atoms with van der Waals surface area (Å²) in [5, 5.41) is 11.7. The van der Waals surface area contributed by atoms with Gasteiger partial charge in [0.25, 0.3) is 5.91 Å². The number of nitrogens with zero attached hydrogens (tertiary/aromatic N) is 2. The number of likely N-dealkylation sites (tertiary alicyclic amines) is 1. The molecule has 112 valence electrons. The number of hydrogen-bond donors (Lipinski definition) is 1. The van der Waals surface area contributed by atoms with Gasteiger partial charge in [0.1, 0.15) is 5.75 Å². The molecule has 5 heteroatoms. The zero-order valence-electron chi connectivity index (χ0n) is 12.5. The van der Waals surface area contributed by atoms with Crippen molar-refractivity contribution < 1.29 is 9.53 Å². The maximum Gasteiger partial charge on any atom is 0.260 e. The Balaban J connectivity index is 1.80. The molecule has 1 N–H and O–H groups in total. The van der Waals surface area contributed by atoms with E-state index < -0.39 is 6.10 Å². The van der Waals surface area contributed by atoms with Gasteiger partial charge in [-0.25, -0.2) is 0 Å². The van der Waals surface area contributed by atoms with Gasteiger partial charge in [-0.2, -0.15) is 5.26 Å². The molecule has 1 saturated heterocycles. The fourth-order valence-corrected chi connectivity index (χ4v) is 2.46. The third-order valence-corrected chi connectivity index (χ3v) is 3.85. The first-order chi connectivity index (χ1) is 10.1. The number of rotatable bonds is 5. The lowest BCUT2D eigenvalue weighted by molar-refractivity contribution is -0.127. The van der Waals surface area contributed by atoms with Crippen LogP contribution in [0, 0.1) is 11.3 Å². The van der Waals surface area contributed by atoms with E-state index in [1.807, 2.05) is 6.07 Å². The summed E-state index contributed by atoms with van der Waals surface area (Å²) in [5.41, 5.74) is 0.573. The van der Waals surface area contributed by atoms with E-state index in [-0.39, 0.29) is 5.91 Å². The molecule has 0 bridgehead atoms. The number of ether oxygens (including phenoxy) is 1. The summed E-state index contributed by atoms with van der Waals surface area (Å²) in [4.78, 5) is 14.3. The smallest absolute Gasteiger partial charge is 0.260 e. The number of benzene rings is 1. The molecule has 5 nitrogen and oxygen atoms in total. The van der Waals surface area contributed by atoms with Gasteiger partial charge in [-0.1, -0.05) is 0 Å². The van der Waals surface area contributed by atoms with E-state index in [4.69, 9.17) is 10.00 Å². The average molecular weight is 287 g/mol. The van der Waals surface area contributed by atoms with Crippen molar-refractivity contribution in [3.05, 3.63) is 29.8 Å². The van der Waals surface area contributed by atoms with Crippen molar-refractivity contribution in [2.24, 2.45) is 0 Å². The SMILES string of the molecule is C[C@@H](Oc1ccc(C#N)cc1)C(=O)NC[C@H]1CCCN1C. The number of amides is 1. The summed E-state index contributed by atoms with van der Waals surface area (Å²) in [6.45, 7) is 3.49. The summed E-state index contributed by atoms with van der Waals surface area (Å²) in [6.07, 6.45) is 1.76. The molecule has 1 aromatic carbocycles. The summed E-state index contributed by atoms with van der Waals surface area (Å²) in [7, 11) is 2.08. The van der Waals surface area contributed by atoms with Gasteiger partial charge in [0.05, 0.1) is 11.6 Å². The Kier molecular flexibility index (Phi) is 5.18. The zero-order chi connectivity index (χ0) is 15.2. The lowest BCUT2D eigenvalue weighted by Gasteiger charge is -2.21. The first-order valence-corrected chi connectivity index (χ1v) is 7.25. The van der Waals surface area contributed by atoms with E-state index in [0.717, 1.165) is 13.0 Å². The third kappa shape index (κ3) is 4.20. The number of carbonyl (C=O) groups is 1. The lowest BCUT2D eigenvalue weighted by atomic mass is 10.2. The molecule has 0 saturated carbocycles. The van der Waals surface area contributed by atoms with Crippen molar-refractivity contribution in [1.82, 2.24) is 10.2 Å². The van der Waals surface area contributed by atoms with Gasteiger partial charge in [0.15, 0.2) is 6.10 Å². The maximum atomic E-state index is 12.0. The molecule has 1 fully saturated rings. The molecule has 0 aliphatic carbocycles. The van der Waals surface area contributed by atoms with Gasteiger partial charge in [0.2, 0.25) is 0 Å². The minimum atomic E-state index is -0.551. The van der Waals surface area contributed by atoms with Crippen LogP contribution in [0.2, 0.25) is 0 Å². The molecule has 1 aromatic rings. The molecular formula is C16H21N3O2. The minimum Gasteiger partial charge on any atom is -0.481 e. The monoisotopic (exact) mass is 287 g/mol. The van der Waals surface area contributed by atoms with Crippen molar-refractivity contribution in [1.29, 1.82) is 5.26 Å². The minimum absolute atomic E-state index is 0.111.